The molecule has 0 aromatic carbocycles. The van der Waals surface area contributed by atoms with Crippen molar-refractivity contribution < 1.29 is 4.79 Å². The Hall–Kier alpha value is -0.970. The standard InChI is InChI=1S/C9H13NO/c1-3-4-8-5-6-9(11)10-7(8)2/h1,7-8H,4-6H2,2H3,(H,10,11). The Morgan fingerprint density at radius 2 is 2.55 bits per heavy atom. The minimum absolute atomic E-state index is 0.158. The maximum Gasteiger partial charge on any atom is 0.220 e. The molecule has 1 amide bonds. The van der Waals surface area contributed by atoms with Crippen molar-refractivity contribution in [2.24, 2.45) is 5.92 Å². The van der Waals surface area contributed by atoms with Crippen molar-refractivity contribution in [2.75, 3.05) is 0 Å². The molecule has 0 bridgehead atoms. The summed E-state index contributed by atoms with van der Waals surface area (Å²) in [7, 11) is 0. The minimum atomic E-state index is 0.158. The van der Waals surface area contributed by atoms with Crippen LogP contribution >= 0.6 is 0 Å². The monoisotopic (exact) mass is 151 g/mol. The van der Waals surface area contributed by atoms with Crippen molar-refractivity contribution in [3.63, 3.8) is 0 Å². The van der Waals surface area contributed by atoms with E-state index in [9.17, 15) is 4.79 Å². The molecule has 60 valence electrons. The highest BCUT2D eigenvalue weighted by Gasteiger charge is 2.23. The Morgan fingerprint density at radius 3 is 3.09 bits per heavy atom. The highest BCUT2D eigenvalue weighted by atomic mass is 16.1. The van der Waals surface area contributed by atoms with Gasteiger partial charge in [-0.1, -0.05) is 0 Å². The second-order valence-corrected chi connectivity index (χ2v) is 3.06. The summed E-state index contributed by atoms with van der Waals surface area (Å²) in [6.07, 6.45) is 7.55. The smallest absolute Gasteiger partial charge is 0.220 e. The predicted octanol–water partition coefficient (Wildman–Crippen LogP) is 0.924. The van der Waals surface area contributed by atoms with Crippen LogP contribution in [0.15, 0.2) is 0 Å². The summed E-state index contributed by atoms with van der Waals surface area (Å²) in [5.74, 6) is 3.27. The van der Waals surface area contributed by atoms with Gasteiger partial charge in [-0.3, -0.25) is 4.79 Å². The van der Waals surface area contributed by atoms with Crippen LogP contribution in [-0.2, 0) is 4.79 Å². The van der Waals surface area contributed by atoms with E-state index in [0.717, 1.165) is 12.8 Å². The Balaban J connectivity index is 2.45. The number of carbonyl (C=O) groups is 1. The summed E-state index contributed by atoms with van der Waals surface area (Å²) in [6.45, 7) is 2.01. The average molecular weight is 151 g/mol. The summed E-state index contributed by atoms with van der Waals surface area (Å²) >= 11 is 0. The zero-order valence-electron chi connectivity index (χ0n) is 6.76. The van der Waals surface area contributed by atoms with Gasteiger partial charge in [0.1, 0.15) is 0 Å². The summed E-state index contributed by atoms with van der Waals surface area (Å²) in [5, 5.41) is 2.88. The molecule has 0 aliphatic carbocycles. The van der Waals surface area contributed by atoms with Gasteiger partial charge in [0.05, 0.1) is 0 Å². The van der Waals surface area contributed by atoms with E-state index in [1.54, 1.807) is 0 Å². The minimum Gasteiger partial charge on any atom is -0.353 e. The molecule has 2 nitrogen and oxygen atoms in total. The maximum absolute atomic E-state index is 10.9. The zero-order chi connectivity index (χ0) is 8.27. The third-order valence-corrected chi connectivity index (χ3v) is 2.22. The second kappa shape index (κ2) is 3.43. The summed E-state index contributed by atoms with van der Waals surface area (Å²) in [4.78, 5) is 10.9. The van der Waals surface area contributed by atoms with Crippen LogP contribution in [0.3, 0.4) is 0 Å². The Bertz CT molecular complexity index is 192. The van der Waals surface area contributed by atoms with Gasteiger partial charge < -0.3 is 5.32 Å². The van der Waals surface area contributed by atoms with Crippen LogP contribution in [0.4, 0.5) is 0 Å². The van der Waals surface area contributed by atoms with Crippen LogP contribution < -0.4 is 5.32 Å². The number of hydrogen-bond donors (Lipinski definition) is 1. The van der Waals surface area contributed by atoms with Gasteiger partial charge >= 0.3 is 0 Å². The van der Waals surface area contributed by atoms with E-state index in [1.165, 1.54) is 0 Å². The average Bonchev–Trinajstić information content (AvgIpc) is 1.95. The lowest BCUT2D eigenvalue weighted by Gasteiger charge is -2.27. The Labute approximate surface area is 67.4 Å². The highest BCUT2D eigenvalue weighted by Crippen LogP contribution is 2.19. The van der Waals surface area contributed by atoms with E-state index in [2.05, 4.69) is 11.2 Å². The molecule has 1 N–H and O–H groups in total. The quantitative estimate of drug-likeness (QED) is 0.555. The zero-order valence-corrected chi connectivity index (χ0v) is 6.76. The van der Waals surface area contributed by atoms with Gasteiger partial charge in [-0.15, -0.1) is 12.3 Å². The summed E-state index contributed by atoms with van der Waals surface area (Å²) in [5.41, 5.74) is 0. The molecular formula is C9H13NO. The van der Waals surface area contributed by atoms with E-state index < -0.39 is 0 Å². The molecule has 1 aliphatic heterocycles. The molecule has 0 aromatic heterocycles. The van der Waals surface area contributed by atoms with Gasteiger partial charge in [0.2, 0.25) is 5.91 Å². The van der Waals surface area contributed by atoms with Gasteiger partial charge in [-0.2, -0.15) is 0 Å². The van der Waals surface area contributed by atoms with Crippen molar-refractivity contribution in [3.8, 4) is 12.3 Å². The van der Waals surface area contributed by atoms with Gasteiger partial charge in [0.25, 0.3) is 0 Å². The lowest BCUT2D eigenvalue weighted by atomic mass is 9.89. The van der Waals surface area contributed by atoms with Gasteiger partial charge in [-0.05, 0) is 19.3 Å². The molecule has 0 radical (unpaired) electrons. The van der Waals surface area contributed by atoms with Crippen molar-refractivity contribution >= 4 is 5.91 Å². The fraction of sp³-hybridized carbons (Fsp3) is 0.667. The van der Waals surface area contributed by atoms with Crippen LogP contribution in [0.5, 0.6) is 0 Å². The number of hydrogen-bond acceptors (Lipinski definition) is 1. The van der Waals surface area contributed by atoms with Crippen LogP contribution in [-0.4, -0.2) is 11.9 Å². The lowest BCUT2D eigenvalue weighted by molar-refractivity contribution is -0.124. The molecule has 1 fully saturated rings. The topological polar surface area (TPSA) is 29.1 Å². The first-order valence-electron chi connectivity index (χ1n) is 3.97. The third kappa shape index (κ3) is 1.98. The first-order chi connectivity index (χ1) is 5.24. The van der Waals surface area contributed by atoms with Crippen LogP contribution in [0.2, 0.25) is 0 Å². The highest BCUT2D eigenvalue weighted by molar-refractivity contribution is 5.77. The fourth-order valence-corrected chi connectivity index (χ4v) is 1.44. The number of carbonyl (C=O) groups excluding carboxylic acids is 1. The number of amides is 1. The summed E-state index contributed by atoms with van der Waals surface area (Å²) < 4.78 is 0. The predicted molar refractivity (Wildman–Crippen MR) is 43.8 cm³/mol. The van der Waals surface area contributed by atoms with Crippen LogP contribution in [0, 0.1) is 18.3 Å². The van der Waals surface area contributed by atoms with Crippen molar-refractivity contribution in [3.05, 3.63) is 0 Å². The first-order valence-corrected chi connectivity index (χ1v) is 3.97. The summed E-state index contributed by atoms with van der Waals surface area (Å²) in [6, 6.07) is 0.257. The molecule has 1 heterocycles. The molecule has 2 atom stereocenters. The van der Waals surface area contributed by atoms with Crippen molar-refractivity contribution in [1.82, 2.24) is 5.32 Å². The first kappa shape index (κ1) is 8.13. The molecule has 1 aliphatic rings. The van der Waals surface area contributed by atoms with E-state index in [1.807, 2.05) is 6.92 Å². The molecule has 2 unspecified atom stereocenters. The fourth-order valence-electron chi connectivity index (χ4n) is 1.44. The largest absolute Gasteiger partial charge is 0.353 e. The van der Waals surface area contributed by atoms with E-state index in [4.69, 9.17) is 6.42 Å². The van der Waals surface area contributed by atoms with Crippen molar-refractivity contribution in [1.29, 1.82) is 0 Å². The number of terminal acetylenes is 1. The van der Waals surface area contributed by atoms with E-state index in [0.29, 0.717) is 12.3 Å². The van der Waals surface area contributed by atoms with Gasteiger partial charge in [0, 0.05) is 18.9 Å². The molecule has 0 spiro atoms. The Morgan fingerprint density at radius 1 is 1.82 bits per heavy atom. The molecule has 11 heavy (non-hydrogen) atoms. The lowest BCUT2D eigenvalue weighted by Crippen LogP contribution is -2.42. The molecule has 2 heteroatoms. The van der Waals surface area contributed by atoms with E-state index in [-0.39, 0.29) is 11.9 Å². The van der Waals surface area contributed by atoms with Crippen LogP contribution in [0.25, 0.3) is 0 Å². The molecule has 0 aromatic rings. The molecule has 1 rings (SSSR count). The van der Waals surface area contributed by atoms with Crippen LogP contribution in [0.1, 0.15) is 26.2 Å². The third-order valence-electron chi connectivity index (χ3n) is 2.22. The second-order valence-electron chi connectivity index (χ2n) is 3.06. The SMILES string of the molecule is C#CCC1CCC(=O)NC1C. The molecule has 0 saturated carbocycles. The number of nitrogens with one attached hydrogen (secondary N) is 1. The molecular weight excluding hydrogens is 138 g/mol. The van der Waals surface area contributed by atoms with E-state index >= 15 is 0 Å². The molecule has 1 saturated heterocycles. The van der Waals surface area contributed by atoms with Gasteiger partial charge in [0.15, 0.2) is 0 Å². The normalized spacial score (nSPS) is 30.7. The van der Waals surface area contributed by atoms with Crippen molar-refractivity contribution in [2.45, 2.75) is 32.2 Å². The Kier molecular flexibility index (Phi) is 2.53. The number of rotatable bonds is 1. The van der Waals surface area contributed by atoms with Gasteiger partial charge in [-0.25, -0.2) is 0 Å². The maximum atomic E-state index is 10.9. The number of piperidine rings is 1.